The van der Waals surface area contributed by atoms with Crippen LogP contribution in [-0.4, -0.2) is 22.9 Å². The Kier molecular flexibility index (Phi) is 6.81. The van der Waals surface area contributed by atoms with Crippen molar-refractivity contribution in [3.63, 3.8) is 0 Å². The Morgan fingerprint density at radius 3 is 2.71 bits per heavy atom. The van der Waals surface area contributed by atoms with Crippen LogP contribution in [0, 0.1) is 0 Å². The molecule has 7 heteroatoms. The van der Waals surface area contributed by atoms with E-state index in [4.69, 9.17) is 21.1 Å². The van der Waals surface area contributed by atoms with Crippen LogP contribution in [0.5, 0.6) is 11.6 Å². The third-order valence-electron chi connectivity index (χ3n) is 3.80. The summed E-state index contributed by atoms with van der Waals surface area (Å²) < 4.78 is 10.9. The Bertz CT molecular complexity index is 1000. The molecule has 3 rings (SSSR count). The highest BCUT2D eigenvalue weighted by molar-refractivity contribution is 6.30. The van der Waals surface area contributed by atoms with Gasteiger partial charge in [0.15, 0.2) is 0 Å². The van der Waals surface area contributed by atoms with Crippen LogP contribution in [0.4, 0.5) is 4.79 Å². The number of ether oxygens (including phenoxy) is 2. The van der Waals surface area contributed by atoms with Gasteiger partial charge in [0, 0.05) is 16.7 Å². The largest absolute Gasteiger partial charge is 0.478 e. The Morgan fingerprint density at radius 2 is 1.96 bits per heavy atom. The smallest absolute Gasteiger partial charge is 0.439 e. The number of rotatable bonds is 6. The SMILES string of the molecule is CCCCOc1cc(=NC(=O)Oc2cccc(Cl)c2)c(-c2ccccc2)n[nH]1. The van der Waals surface area contributed by atoms with Crippen LogP contribution in [0.2, 0.25) is 5.02 Å². The van der Waals surface area contributed by atoms with Crippen molar-refractivity contribution in [3.05, 3.63) is 71.0 Å². The number of halogens is 1. The van der Waals surface area contributed by atoms with E-state index < -0.39 is 6.09 Å². The Hall–Kier alpha value is -3.12. The van der Waals surface area contributed by atoms with Crippen LogP contribution in [0.1, 0.15) is 19.8 Å². The van der Waals surface area contributed by atoms with Gasteiger partial charge in [-0.05, 0) is 24.6 Å². The van der Waals surface area contributed by atoms with Gasteiger partial charge in [-0.25, -0.2) is 9.89 Å². The molecule has 0 radical (unpaired) electrons. The van der Waals surface area contributed by atoms with Gasteiger partial charge in [0.1, 0.15) is 16.8 Å². The molecule has 0 fully saturated rings. The van der Waals surface area contributed by atoms with Crippen molar-refractivity contribution in [2.45, 2.75) is 19.8 Å². The zero-order chi connectivity index (χ0) is 19.8. The number of carbonyl (C=O) groups excluding carboxylic acids is 1. The lowest BCUT2D eigenvalue weighted by molar-refractivity contribution is 0.210. The first kappa shape index (κ1) is 19.6. The molecule has 0 aliphatic heterocycles. The number of aromatic amines is 1. The van der Waals surface area contributed by atoms with E-state index in [1.54, 1.807) is 30.3 Å². The van der Waals surface area contributed by atoms with Gasteiger partial charge in [0.2, 0.25) is 5.88 Å². The predicted octanol–water partition coefficient (Wildman–Crippen LogP) is 5.01. The van der Waals surface area contributed by atoms with E-state index in [1.165, 1.54) is 0 Å². The summed E-state index contributed by atoms with van der Waals surface area (Å²) in [5.41, 5.74) is 1.33. The number of nitrogens with one attached hydrogen (secondary N) is 1. The second kappa shape index (κ2) is 9.71. The molecule has 6 nitrogen and oxygen atoms in total. The number of hydrogen-bond donors (Lipinski definition) is 1. The van der Waals surface area contributed by atoms with Gasteiger partial charge in [0.25, 0.3) is 0 Å². The van der Waals surface area contributed by atoms with E-state index in [1.807, 2.05) is 30.3 Å². The van der Waals surface area contributed by atoms with Gasteiger partial charge in [0.05, 0.1) is 6.61 Å². The molecule has 1 amide bonds. The molecule has 0 spiro atoms. The average Bonchev–Trinajstić information content (AvgIpc) is 2.69. The fourth-order valence-electron chi connectivity index (χ4n) is 2.44. The molecular formula is C21H20ClN3O3. The number of benzene rings is 2. The maximum atomic E-state index is 12.3. The molecule has 0 unspecified atom stereocenters. The number of unbranched alkanes of at least 4 members (excludes halogenated alkanes) is 1. The highest BCUT2D eigenvalue weighted by atomic mass is 35.5. The summed E-state index contributed by atoms with van der Waals surface area (Å²) in [6, 6.07) is 17.7. The average molecular weight is 398 g/mol. The molecular weight excluding hydrogens is 378 g/mol. The molecule has 0 saturated heterocycles. The van der Waals surface area contributed by atoms with Gasteiger partial charge in [-0.3, -0.25) is 0 Å². The van der Waals surface area contributed by atoms with Gasteiger partial charge in [-0.2, -0.15) is 10.1 Å². The number of H-pyrrole nitrogens is 1. The molecule has 1 heterocycles. The van der Waals surface area contributed by atoms with Gasteiger partial charge < -0.3 is 9.47 Å². The number of aromatic nitrogens is 2. The zero-order valence-corrected chi connectivity index (χ0v) is 16.1. The quantitative estimate of drug-likeness (QED) is 0.593. The lowest BCUT2D eigenvalue weighted by Gasteiger charge is -2.07. The summed E-state index contributed by atoms with van der Waals surface area (Å²) in [7, 11) is 0. The van der Waals surface area contributed by atoms with Crippen molar-refractivity contribution in [2.75, 3.05) is 6.61 Å². The molecule has 2 aromatic carbocycles. The highest BCUT2D eigenvalue weighted by Crippen LogP contribution is 2.18. The summed E-state index contributed by atoms with van der Waals surface area (Å²) in [6.07, 6.45) is 1.16. The molecule has 1 N–H and O–H groups in total. The maximum absolute atomic E-state index is 12.3. The Labute approximate surface area is 167 Å². The first-order valence-corrected chi connectivity index (χ1v) is 9.33. The van der Waals surface area contributed by atoms with Crippen molar-refractivity contribution in [2.24, 2.45) is 4.99 Å². The molecule has 0 aliphatic rings. The van der Waals surface area contributed by atoms with E-state index in [-0.39, 0.29) is 0 Å². The fourth-order valence-corrected chi connectivity index (χ4v) is 2.62. The number of carbonyl (C=O) groups is 1. The summed E-state index contributed by atoms with van der Waals surface area (Å²) in [5, 5.41) is 8.01. The summed E-state index contributed by atoms with van der Waals surface area (Å²) in [4.78, 5) is 16.4. The van der Waals surface area contributed by atoms with E-state index in [0.29, 0.717) is 34.3 Å². The van der Waals surface area contributed by atoms with Gasteiger partial charge in [-0.1, -0.05) is 61.3 Å². The number of amides is 1. The van der Waals surface area contributed by atoms with Crippen molar-refractivity contribution in [1.82, 2.24) is 10.2 Å². The molecule has 1 aromatic heterocycles. The minimum atomic E-state index is -0.771. The molecule has 0 saturated carbocycles. The summed E-state index contributed by atoms with van der Waals surface area (Å²) in [5.74, 6) is 0.750. The molecule has 0 atom stereocenters. The first-order valence-electron chi connectivity index (χ1n) is 8.96. The fraction of sp³-hybridized carbons (Fsp3) is 0.190. The predicted molar refractivity (Wildman–Crippen MR) is 107 cm³/mol. The van der Waals surface area contributed by atoms with E-state index in [9.17, 15) is 4.79 Å². The zero-order valence-electron chi connectivity index (χ0n) is 15.4. The van der Waals surface area contributed by atoms with Gasteiger partial charge in [-0.15, -0.1) is 0 Å². The third kappa shape index (κ3) is 5.44. The molecule has 28 heavy (non-hydrogen) atoms. The van der Waals surface area contributed by atoms with E-state index in [0.717, 1.165) is 18.4 Å². The van der Waals surface area contributed by atoms with Crippen LogP contribution in [0.25, 0.3) is 11.3 Å². The minimum Gasteiger partial charge on any atom is -0.478 e. The lowest BCUT2D eigenvalue weighted by atomic mass is 10.1. The van der Waals surface area contributed by atoms with Crippen molar-refractivity contribution < 1.29 is 14.3 Å². The summed E-state index contributed by atoms with van der Waals surface area (Å²) >= 11 is 5.92. The lowest BCUT2D eigenvalue weighted by Crippen LogP contribution is -2.16. The van der Waals surface area contributed by atoms with Crippen LogP contribution in [0.15, 0.2) is 65.7 Å². The van der Waals surface area contributed by atoms with Gasteiger partial charge >= 0.3 is 6.09 Å². The summed E-state index contributed by atoms with van der Waals surface area (Å²) in [6.45, 7) is 2.63. The third-order valence-corrected chi connectivity index (χ3v) is 4.04. The topological polar surface area (TPSA) is 76.6 Å². The van der Waals surface area contributed by atoms with Crippen LogP contribution >= 0.6 is 11.6 Å². The Morgan fingerprint density at radius 1 is 1.14 bits per heavy atom. The highest BCUT2D eigenvalue weighted by Gasteiger charge is 2.09. The minimum absolute atomic E-state index is 0.317. The van der Waals surface area contributed by atoms with Crippen LogP contribution in [0.3, 0.4) is 0 Å². The molecule has 144 valence electrons. The van der Waals surface area contributed by atoms with Crippen LogP contribution < -0.4 is 14.8 Å². The standard InChI is InChI=1S/C21H20ClN3O3/c1-2-3-12-27-19-14-18(20(25-24-19)15-8-5-4-6-9-15)23-21(26)28-17-11-7-10-16(22)13-17/h4-11,13-14H,2-3,12H2,1H3,(H,23,24,26). The molecule has 0 aliphatic carbocycles. The van der Waals surface area contributed by atoms with E-state index in [2.05, 4.69) is 22.1 Å². The van der Waals surface area contributed by atoms with Crippen molar-refractivity contribution in [1.29, 1.82) is 0 Å². The van der Waals surface area contributed by atoms with E-state index >= 15 is 0 Å². The normalized spacial score (nSPS) is 11.3. The monoisotopic (exact) mass is 397 g/mol. The number of hydrogen-bond acceptors (Lipinski definition) is 4. The first-order chi connectivity index (χ1) is 13.7. The molecule has 3 aromatic rings. The van der Waals surface area contributed by atoms with Crippen LogP contribution in [-0.2, 0) is 0 Å². The Balaban J connectivity index is 1.93. The maximum Gasteiger partial charge on any atom is 0.439 e. The van der Waals surface area contributed by atoms with Crippen molar-refractivity contribution >= 4 is 17.7 Å². The second-order valence-corrected chi connectivity index (χ2v) is 6.41. The molecule has 0 bridgehead atoms. The van der Waals surface area contributed by atoms with Crippen molar-refractivity contribution in [3.8, 4) is 22.9 Å². The number of nitrogens with zero attached hydrogens (tertiary/aromatic N) is 2. The second-order valence-electron chi connectivity index (χ2n) is 5.97.